The molecule has 1 aliphatic rings. The van der Waals surface area contributed by atoms with Gasteiger partial charge >= 0.3 is 5.97 Å². The Morgan fingerprint density at radius 2 is 1.61 bits per heavy atom. The zero-order valence-corrected chi connectivity index (χ0v) is 19.8. The third-order valence-electron chi connectivity index (χ3n) is 5.85. The minimum Gasteiger partial charge on any atom is -0.460 e. The van der Waals surface area contributed by atoms with Crippen molar-refractivity contribution in [3.8, 4) is 12.3 Å². The minimum absolute atomic E-state index is 0.146. The second kappa shape index (κ2) is 9.82. The monoisotopic (exact) mass is 436 g/mol. The highest BCUT2D eigenvalue weighted by atomic mass is 28.4. The smallest absolute Gasteiger partial charge is 0.302 e. The van der Waals surface area contributed by atoms with Crippen molar-refractivity contribution in [1.29, 1.82) is 0 Å². The summed E-state index contributed by atoms with van der Waals surface area (Å²) in [6.45, 7) is 8.43. The average Bonchev–Trinajstić information content (AvgIpc) is 2.75. The van der Waals surface area contributed by atoms with E-state index in [2.05, 4.69) is 75.2 Å². The lowest BCUT2D eigenvalue weighted by molar-refractivity contribution is -0.168. The normalized spacial score (nSPS) is 21.8. The number of carbonyl (C=O) groups excluding carboxylic acids is 1. The number of esters is 1. The molecule has 3 atom stereocenters. The largest absolute Gasteiger partial charge is 0.460 e. The second-order valence-electron chi connectivity index (χ2n) is 9.03. The Kier molecular flexibility index (Phi) is 7.37. The van der Waals surface area contributed by atoms with Crippen LogP contribution in [0.2, 0.25) is 5.04 Å². The first kappa shape index (κ1) is 23.3. The molecule has 0 aromatic heterocycles. The van der Waals surface area contributed by atoms with E-state index in [4.69, 9.17) is 20.3 Å². The molecule has 1 saturated heterocycles. The van der Waals surface area contributed by atoms with Gasteiger partial charge in [-0.2, -0.15) is 0 Å². The second-order valence-corrected chi connectivity index (χ2v) is 13.3. The van der Waals surface area contributed by atoms with Crippen LogP contribution in [0.4, 0.5) is 0 Å². The molecule has 2 aromatic rings. The molecule has 0 amide bonds. The molecule has 1 heterocycles. The minimum atomic E-state index is -2.71. The van der Waals surface area contributed by atoms with E-state index in [9.17, 15) is 4.79 Å². The van der Waals surface area contributed by atoms with E-state index in [0.717, 1.165) is 0 Å². The predicted octanol–water partition coefficient (Wildman–Crippen LogP) is 3.68. The molecule has 31 heavy (non-hydrogen) atoms. The summed E-state index contributed by atoms with van der Waals surface area (Å²) in [7, 11) is -2.71. The van der Waals surface area contributed by atoms with Crippen molar-refractivity contribution >= 4 is 24.7 Å². The number of rotatable bonds is 6. The van der Waals surface area contributed by atoms with Crippen molar-refractivity contribution in [3.05, 3.63) is 60.7 Å². The molecular formula is C26H32O4Si. The third kappa shape index (κ3) is 5.09. The first-order valence-corrected chi connectivity index (χ1v) is 12.7. The van der Waals surface area contributed by atoms with Gasteiger partial charge in [0, 0.05) is 6.92 Å². The van der Waals surface area contributed by atoms with Crippen molar-refractivity contribution in [2.75, 3.05) is 6.61 Å². The quantitative estimate of drug-likeness (QED) is 0.394. The van der Waals surface area contributed by atoms with Gasteiger partial charge in [0.25, 0.3) is 8.32 Å². The van der Waals surface area contributed by atoms with Crippen LogP contribution in [-0.2, 0) is 18.7 Å². The number of terminal acetylenes is 1. The molecule has 3 rings (SSSR count). The van der Waals surface area contributed by atoms with Gasteiger partial charge in [0.15, 0.2) is 0 Å². The molecule has 0 aliphatic carbocycles. The molecule has 0 radical (unpaired) electrons. The molecule has 0 spiro atoms. The maximum absolute atomic E-state index is 11.7. The van der Waals surface area contributed by atoms with Crippen LogP contribution in [0.15, 0.2) is 60.7 Å². The van der Waals surface area contributed by atoms with Crippen molar-refractivity contribution < 1.29 is 18.7 Å². The topological polar surface area (TPSA) is 44.8 Å². The summed E-state index contributed by atoms with van der Waals surface area (Å²) < 4.78 is 18.6. The molecule has 0 bridgehead atoms. The maximum Gasteiger partial charge on any atom is 0.302 e. The molecule has 0 saturated carbocycles. The summed E-state index contributed by atoms with van der Waals surface area (Å²) in [5.41, 5.74) is 0. The predicted molar refractivity (Wildman–Crippen MR) is 126 cm³/mol. The van der Waals surface area contributed by atoms with E-state index in [-0.39, 0.29) is 23.2 Å². The van der Waals surface area contributed by atoms with Crippen LogP contribution in [0.25, 0.3) is 0 Å². The highest BCUT2D eigenvalue weighted by Gasteiger charge is 2.51. The summed E-state index contributed by atoms with van der Waals surface area (Å²) in [5, 5.41) is 2.25. The summed E-state index contributed by atoms with van der Waals surface area (Å²) in [5.74, 6) is 2.38. The van der Waals surface area contributed by atoms with Gasteiger partial charge in [0.1, 0.15) is 18.3 Å². The Morgan fingerprint density at radius 1 is 1.06 bits per heavy atom. The van der Waals surface area contributed by atoms with Crippen LogP contribution in [0.5, 0.6) is 0 Å². The molecule has 4 nitrogen and oxygen atoms in total. The van der Waals surface area contributed by atoms with Crippen LogP contribution < -0.4 is 10.4 Å². The van der Waals surface area contributed by atoms with Crippen molar-refractivity contribution in [2.45, 2.75) is 63.9 Å². The van der Waals surface area contributed by atoms with Crippen LogP contribution >= 0.6 is 0 Å². The molecule has 2 aromatic carbocycles. The van der Waals surface area contributed by atoms with E-state index >= 15 is 0 Å². The Bertz CT molecular complexity index is 859. The summed E-state index contributed by atoms with van der Waals surface area (Å²) in [6, 6.07) is 20.9. The first-order chi connectivity index (χ1) is 14.8. The van der Waals surface area contributed by atoms with Gasteiger partial charge in [-0.05, 0) is 28.3 Å². The van der Waals surface area contributed by atoms with E-state index in [0.29, 0.717) is 19.4 Å². The Hall–Kier alpha value is -2.39. The fraction of sp³-hybridized carbons (Fsp3) is 0.423. The fourth-order valence-corrected chi connectivity index (χ4v) is 9.02. The Morgan fingerprint density at radius 3 is 2.06 bits per heavy atom. The molecule has 164 valence electrons. The lowest BCUT2D eigenvalue weighted by Gasteiger charge is -2.44. The summed E-state index contributed by atoms with van der Waals surface area (Å²) >= 11 is 0. The van der Waals surface area contributed by atoms with Crippen LogP contribution in [-0.4, -0.2) is 39.2 Å². The number of hydrogen-bond donors (Lipinski definition) is 0. The van der Waals surface area contributed by atoms with Crippen molar-refractivity contribution in [3.63, 3.8) is 0 Å². The highest BCUT2D eigenvalue weighted by Crippen LogP contribution is 2.37. The molecule has 5 heteroatoms. The fourth-order valence-electron chi connectivity index (χ4n) is 4.45. The van der Waals surface area contributed by atoms with Crippen LogP contribution in [0.3, 0.4) is 0 Å². The molecule has 1 fully saturated rings. The lowest BCUT2D eigenvalue weighted by Crippen LogP contribution is -2.67. The lowest BCUT2D eigenvalue weighted by atomic mass is 10.0. The Balaban J connectivity index is 2.00. The maximum atomic E-state index is 11.7. The van der Waals surface area contributed by atoms with Gasteiger partial charge < -0.3 is 13.9 Å². The van der Waals surface area contributed by atoms with Gasteiger partial charge in [-0.1, -0.05) is 87.4 Å². The van der Waals surface area contributed by atoms with E-state index in [1.807, 2.05) is 12.1 Å². The zero-order chi connectivity index (χ0) is 22.5. The Labute approximate surface area is 187 Å². The van der Waals surface area contributed by atoms with Crippen LogP contribution in [0.1, 0.15) is 40.5 Å². The highest BCUT2D eigenvalue weighted by molar-refractivity contribution is 6.99. The van der Waals surface area contributed by atoms with Gasteiger partial charge in [0.2, 0.25) is 0 Å². The number of ether oxygens (including phenoxy) is 2. The molecular weight excluding hydrogens is 404 g/mol. The summed E-state index contributed by atoms with van der Waals surface area (Å²) in [6.07, 6.45) is 5.92. The SMILES string of the molecule is C#C[C@@H]1CC[C@@H](OC(C)=O)[C@H](CO[Si](c2ccccc2)(c2ccccc2)C(C)(C)C)O1. The van der Waals surface area contributed by atoms with Crippen molar-refractivity contribution in [2.24, 2.45) is 0 Å². The van der Waals surface area contributed by atoms with Gasteiger partial charge in [-0.15, -0.1) is 6.42 Å². The standard InChI is InChI=1S/C26H32O4Si/c1-6-21-17-18-24(29-20(2)27)25(30-21)19-28-31(26(3,4)5,22-13-9-7-10-14-22)23-15-11-8-12-16-23/h1,7-16,21,24-25H,17-19H2,2-5H3/t21-,24-,25+/m1/s1. The molecule has 0 N–H and O–H groups in total. The van der Waals surface area contributed by atoms with Crippen molar-refractivity contribution in [1.82, 2.24) is 0 Å². The summed E-state index contributed by atoms with van der Waals surface area (Å²) in [4.78, 5) is 11.7. The van der Waals surface area contributed by atoms with Gasteiger partial charge in [0.05, 0.1) is 6.61 Å². The molecule has 0 unspecified atom stereocenters. The van der Waals surface area contributed by atoms with E-state index < -0.39 is 14.4 Å². The number of carbonyl (C=O) groups is 1. The molecule has 1 aliphatic heterocycles. The average molecular weight is 437 g/mol. The first-order valence-electron chi connectivity index (χ1n) is 10.8. The zero-order valence-electron chi connectivity index (χ0n) is 18.8. The van der Waals surface area contributed by atoms with Gasteiger partial charge in [-0.25, -0.2) is 0 Å². The third-order valence-corrected chi connectivity index (χ3v) is 10.9. The van der Waals surface area contributed by atoms with E-state index in [1.54, 1.807) is 0 Å². The van der Waals surface area contributed by atoms with Crippen LogP contribution in [0, 0.1) is 12.3 Å². The number of benzene rings is 2. The number of hydrogen-bond acceptors (Lipinski definition) is 4. The van der Waals surface area contributed by atoms with E-state index in [1.165, 1.54) is 17.3 Å². The van der Waals surface area contributed by atoms with Gasteiger partial charge in [-0.3, -0.25) is 4.79 Å².